The molecule has 5 heteroatoms. The summed E-state index contributed by atoms with van der Waals surface area (Å²) in [5.74, 6) is 0.694. The molecule has 174 valence electrons. The summed E-state index contributed by atoms with van der Waals surface area (Å²) in [7, 11) is 0. The molecule has 5 nitrogen and oxygen atoms in total. The minimum atomic E-state index is 0.505. The van der Waals surface area contributed by atoms with Gasteiger partial charge in [-0.3, -0.25) is 4.90 Å². The Morgan fingerprint density at radius 3 is 2.35 bits per heavy atom. The van der Waals surface area contributed by atoms with Crippen molar-refractivity contribution in [2.45, 2.75) is 52.4 Å². The first-order valence-electron chi connectivity index (χ1n) is 12.6. The van der Waals surface area contributed by atoms with E-state index in [-0.39, 0.29) is 0 Å². The van der Waals surface area contributed by atoms with E-state index in [0.29, 0.717) is 11.3 Å². The van der Waals surface area contributed by atoms with Crippen molar-refractivity contribution in [2.24, 2.45) is 5.41 Å². The molecular weight excluding hydrogens is 386 g/mol. The minimum Gasteiger partial charge on any atom is -0.380 e. The predicted octanol–water partition coefficient (Wildman–Crippen LogP) is 4.37. The van der Waals surface area contributed by atoms with Crippen molar-refractivity contribution in [1.29, 1.82) is 0 Å². The fraction of sp³-hybridized carbons (Fsp3) is 0.769. The van der Waals surface area contributed by atoms with Crippen LogP contribution >= 0.6 is 0 Å². The number of nitrogens with zero attached hydrogens (tertiary/aromatic N) is 3. The quantitative estimate of drug-likeness (QED) is 0.601. The number of morpholine rings is 1. The van der Waals surface area contributed by atoms with Crippen molar-refractivity contribution in [3.63, 3.8) is 0 Å². The van der Waals surface area contributed by atoms with E-state index < -0.39 is 0 Å². The molecule has 4 rings (SSSR count). The number of benzene rings is 1. The van der Waals surface area contributed by atoms with Gasteiger partial charge in [-0.25, -0.2) is 0 Å². The highest BCUT2D eigenvalue weighted by Crippen LogP contribution is 2.45. The fourth-order valence-electron chi connectivity index (χ4n) is 5.44. The SMILES string of the molecule is CCOCCN1CCN(c2ccc(N3CCOCC3)cc2C2CCC(C)(C)CC2)CC1. The lowest BCUT2D eigenvalue weighted by Gasteiger charge is -2.40. The van der Waals surface area contributed by atoms with Gasteiger partial charge in [0.05, 0.1) is 19.8 Å². The Labute approximate surface area is 189 Å². The first-order chi connectivity index (χ1) is 15.1. The van der Waals surface area contributed by atoms with E-state index in [9.17, 15) is 0 Å². The van der Waals surface area contributed by atoms with E-state index in [4.69, 9.17) is 9.47 Å². The standard InChI is InChI=1S/C26H43N3O2/c1-4-30-18-15-27-11-13-29(14-12-27)25-6-5-23(28-16-19-31-20-17-28)21-24(25)22-7-9-26(2,3)10-8-22/h5-6,21-22H,4,7-20H2,1-3H3. The molecule has 1 aromatic carbocycles. The third-order valence-corrected chi connectivity index (χ3v) is 7.64. The molecule has 0 N–H and O–H groups in total. The Kier molecular flexibility index (Phi) is 7.78. The van der Waals surface area contributed by atoms with Crippen LogP contribution < -0.4 is 9.80 Å². The molecule has 2 saturated heterocycles. The predicted molar refractivity (Wildman–Crippen MR) is 130 cm³/mol. The van der Waals surface area contributed by atoms with Crippen molar-refractivity contribution in [1.82, 2.24) is 4.90 Å². The van der Waals surface area contributed by atoms with Crippen LogP contribution in [-0.4, -0.2) is 77.1 Å². The summed E-state index contributed by atoms with van der Waals surface area (Å²) in [6, 6.07) is 7.32. The van der Waals surface area contributed by atoms with Gasteiger partial charge in [-0.1, -0.05) is 13.8 Å². The van der Waals surface area contributed by atoms with E-state index in [1.54, 1.807) is 5.56 Å². The topological polar surface area (TPSA) is 28.2 Å². The molecular formula is C26H43N3O2. The molecule has 1 saturated carbocycles. The summed E-state index contributed by atoms with van der Waals surface area (Å²) >= 11 is 0. The number of hydrogen-bond donors (Lipinski definition) is 0. The largest absolute Gasteiger partial charge is 0.380 e. The zero-order valence-electron chi connectivity index (χ0n) is 20.1. The highest BCUT2D eigenvalue weighted by molar-refractivity contribution is 5.63. The summed E-state index contributed by atoms with van der Waals surface area (Å²) in [4.78, 5) is 7.71. The Morgan fingerprint density at radius 2 is 1.68 bits per heavy atom. The van der Waals surface area contributed by atoms with E-state index in [1.807, 2.05) is 0 Å². The molecule has 1 aromatic rings. The zero-order valence-corrected chi connectivity index (χ0v) is 20.1. The molecule has 2 aliphatic heterocycles. The van der Waals surface area contributed by atoms with Crippen LogP contribution in [0.4, 0.5) is 11.4 Å². The molecule has 0 aromatic heterocycles. The Hall–Kier alpha value is -1.30. The fourth-order valence-corrected chi connectivity index (χ4v) is 5.44. The van der Waals surface area contributed by atoms with Gasteiger partial charge in [0.1, 0.15) is 0 Å². The van der Waals surface area contributed by atoms with Crippen LogP contribution in [0.15, 0.2) is 18.2 Å². The summed E-state index contributed by atoms with van der Waals surface area (Å²) in [5.41, 5.74) is 4.99. The van der Waals surface area contributed by atoms with E-state index in [1.165, 1.54) is 37.1 Å². The highest BCUT2D eigenvalue weighted by atomic mass is 16.5. The van der Waals surface area contributed by atoms with Crippen LogP contribution in [0.5, 0.6) is 0 Å². The maximum atomic E-state index is 5.59. The van der Waals surface area contributed by atoms with Gasteiger partial charge in [-0.15, -0.1) is 0 Å². The maximum Gasteiger partial charge on any atom is 0.0642 e. The number of anilines is 2. The summed E-state index contributed by atoms with van der Waals surface area (Å²) in [6.45, 7) is 17.9. The highest BCUT2D eigenvalue weighted by Gasteiger charge is 2.30. The molecule has 3 aliphatic rings. The Bertz CT molecular complexity index is 684. The summed E-state index contributed by atoms with van der Waals surface area (Å²) < 4.78 is 11.2. The van der Waals surface area contributed by atoms with Crippen LogP contribution in [-0.2, 0) is 9.47 Å². The van der Waals surface area contributed by atoms with Gasteiger partial charge < -0.3 is 19.3 Å². The Morgan fingerprint density at radius 1 is 0.968 bits per heavy atom. The minimum absolute atomic E-state index is 0.505. The van der Waals surface area contributed by atoms with Crippen LogP contribution in [0.2, 0.25) is 0 Å². The maximum absolute atomic E-state index is 5.59. The van der Waals surface area contributed by atoms with Crippen LogP contribution in [0.3, 0.4) is 0 Å². The molecule has 2 heterocycles. The smallest absolute Gasteiger partial charge is 0.0642 e. The van der Waals surface area contributed by atoms with Gasteiger partial charge in [-0.05, 0) is 67.7 Å². The third-order valence-electron chi connectivity index (χ3n) is 7.64. The zero-order chi connectivity index (χ0) is 21.7. The van der Waals surface area contributed by atoms with Gasteiger partial charge in [0.2, 0.25) is 0 Å². The lowest BCUT2D eigenvalue weighted by Crippen LogP contribution is -2.47. The molecule has 0 spiro atoms. The van der Waals surface area contributed by atoms with Crippen LogP contribution in [0.25, 0.3) is 0 Å². The second-order valence-corrected chi connectivity index (χ2v) is 10.3. The van der Waals surface area contributed by atoms with Gasteiger partial charge in [0, 0.05) is 63.8 Å². The average Bonchev–Trinajstić information content (AvgIpc) is 2.80. The molecule has 0 atom stereocenters. The number of piperazine rings is 1. The lowest BCUT2D eigenvalue weighted by atomic mass is 9.71. The van der Waals surface area contributed by atoms with Crippen molar-refractivity contribution in [3.8, 4) is 0 Å². The van der Waals surface area contributed by atoms with Crippen LogP contribution in [0.1, 0.15) is 57.9 Å². The molecule has 3 fully saturated rings. The first-order valence-corrected chi connectivity index (χ1v) is 12.6. The number of hydrogen-bond acceptors (Lipinski definition) is 5. The van der Waals surface area contributed by atoms with E-state index in [0.717, 1.165) is 72.2 Å². The van der Waals surface area contributed by atoms with Crippen molar-refractivity contribution in [3.05, 3.63) is 23.8 Å². The first kappa shape index (κ1) is 22.9. The van der Waals surface area contributed by atoms with Crippen molar-refractivity contribution in [2.75, 3.05) is 82.0 Å². The number of rotatable bonds is 7. The van der Waals surface area contributed by atoms with Crippen LogP contribution in [0, 0.1) is 5.41 Å². The average molecular weight is 430 g/mol. The second-order valence-electron chi connectivity index (χ2n) is 10.3. The van der Waals surface area contributed by atoms with Gasteiger partial charge in [0.25, 0.3) is 0 Å². The lowest BCUT2D eigenvalue weighted by molar-refractivity contribution is 0.111. The van der Waals surface area contributed by atoms with E-state index >= 15 is 0 Å². The summed E-state index contributed by atoms with van der Waals surface area (Å²) in [5, 5.41) is 0. The van der Waals surface area contributed by atoms with Gasteiger partial charge in [-0.2, -0.15) is 0 Å². The van der Waals surface area contributed by atoms with Crippen molar-refractivity contribution >= 4 is 11.4 Å². The summed E-state index contributed by atoms with van der Waals surface area (Å²) in [6.07, 6.45) is 5.32. The number of ether oxygens (including phenoxy) is 2. The molecule has 0 bridgehead atoms. The van der Waals surface area contributed by atoms with Crippen molar-refractivity contribution < 1.29 is 9.47 Å². The molecule has 0 radical (unpaired) electrons. The Balaban J connectivity index is 1.49. The molecule has 31 heavy (non-hydrogen) atoms. The van der Waals surface area contributed by atoms with Gasteiger partial charge >= 0.3 is 0 Å². The molecule has 0 amide bonds. The monoisotopic (exact) mass is 429 g/mol. The third kappa shape index (κ3) is 5.94. The molecule has 1 aliphatic carbocycles. The second kappa shape index (κ2) is 10.5. The van der Waals surface area contributed by atoms with E-state index in [2.05, 4.69) is 53.7 Å². The molecule has 0 unspecified atom stereocenters. The van der Waals surface area contributed by atoms with Gasteiger partial charge in [0.15, 0.2) is 0 Å². The normalized spacial score (nSPS) is 23.3.